The zero-order valence-electron chi connectivity index (χ0n) is 40.1. The number of anilines is 3. The highest BCUT2D eigenvalue weighted by atomic mass is 16.5. The van der Waals surface area contributed by atoms with Crippen molar-refractivity contribution in [2.45, 2.75) is 39.2 Å². The summed E-state index contributed by atoms with van der Waals surface area (Å²) in [6.45, 7) is 13.2. The van der Waals surface area contributed by atoms with Crippen molar-refractivity contribution >= 4 is 23.1 Å². The number of aryl methyl sites for hydroxylation is 2. The molecule has 16 heteroatoms. The molecule has 3 aromatic rings. The molecular weight excluding hydrogens is 869 g/mol. The number of nitrogens with zero attached hydrogens (tertiary/aromatic N) is 5. The minimum Gasteiger partial charge on any atom is -0.490 e. The van der Waals surface area contributed by atoms with E-state index in [0.717, 1.165) is 45.3 Å². The number of rotatable bonds is 16. The van der Waals surface area contributed by atoms with Crippen LogP contribution in [0.3, 0.4) is 0 Å². The molecule has 2 heterocycles. The third-order valence-electron chi connectivity index (χ3n) is 11.3. The van der Waals surface area contributed by atoms with E-state index in [2.05, 4.69) is 39.4 Å². The summed E-state index contributed by atoms with van der Waals surface area (Å²) in [5.41, 5.74) is 4.71. The Balaban J connectivity index is 1.51. The number of benzene rings is 3. The van der Waals surface area contributed by atoms with Crippen LogP contribution in [0.5, 0.6) is 17.2 Å². The fourth-order valence-corrected chi connectivity index (χ4v) is 7.72. The minimum absolute atomic E-state index is 0.0599. The average molecular weight is 935 g/mol. The molecule has 0 fully saturated rings. The number of nitriles is 3. The smallest absolute Gasteiger partial charge is 0.172 e. The summed E-state index contributed by atoms with van der Waals surface area (Å²) >= 11 is 0. The number of allylic oxidation sites excluding steroid dienone is 2. The maximum Gasteiger partial charge on any atom is 0.172 e. The Kier molecular flexibility index (Phi) is 21.8. The quantitative estimate of drug-likeness (QED) is 0.111. The molecule has 0 aromatic heterocycles. The van der Waals surface area contributed by atoms with Crippen LogP contribution in [0.15, 0.2) is 83.2 Å². The van der Waals surface area contributed by atoms with Gasteiger partial charge in [-0.15, -0.1) is 0 Å². The molecule has 2 aliphatic heterocycles. The second-order valence-corrected chi connectivity index (χ2v) is 16.3. The van der Waals surface area contributed by atoms with E-state index < -0.39 is 5.60 Å². The highest BCUT2D eigenvalue weighted by molar-refractivity contribution is 5.69. The van der Waals surface area contributed by atoms with Gasteiger partial charge in [0, 0.05) is 46.0 Å². The molecule has 0 saturated heterocycles. The number of ether oxygens (including phenoxy) is 9. The summed E-state index contributed by atoms with van der Waals surface area (Å²) in [5.74, 6) is 1.99. The molecule has 1 unspecified atom stereocenters. The van der Waals surface area contributed by atoms with Crippen molar-refractivity contribution < 1.29 is 47.7 Å². The van der Waals surface area contributed by atoms with Gasteiger partial charge >= 0.3 is 0 Å². The number of nitrogens with one attached hydrogen (secondary N) is 1. The van der Waals surface area contributed by atoms with E-state index in [0.29, 0.717) is 123 Å². The summed E-state index contributed by atoms with van der Waals surface area (Å²) in [6.07, 6.45) is 4.34. The molecule has 0 spiro atoms. The Labute approximate surface area is 401 Å². The summed E-state index contributed by atoms with van der Waals surface area (Å²) < 4.78 is 54.2. The highest BCUT2D eigenvalue weighted by Crippen LogP contribution is 2.43. The van der Waals surface area contributed by atoms with Crippen LogP contribution in [0, 0.1) is 47.8 Å². The Morgan fingerprint density at radius 1 is 0.779 bits per heavy atom. The molecule has 0 amide bonds. The molecule has 0 aliphatic carbocycles. The van der Waals surface area contributed by atoms with Crippen molar-refractivity contribution in [3.8, 4) is 35.5 Å². The van der Waals surface area contributed by atoms with E-state index in [1.54, 1.807) is 27.2 Å². The van der Waals surface area contributed by atoms with Gasteiger partial charge in [-0.25, -0.2) is 0 Å². The molecule has 2 aliphatic rings. The van der Waals surface area contributed by atoms with Gasteiger partial charge in [-0.1, -0.05) is 30.4 Å². The lowest BCUT2D eigenvalue weighted by molar-refractivity contribution is 0.0528. The first-order chi connectivity index (χ1) is 33.2. The van der Waals surface area contributed by atoms with Gasteiger partial charge in [-0.3, -0.25) is 0 Å². The molecule has 1 atom stereocenters. The largest absolute Gasteiger partial charge is 0.490 e. The van der Waals surface area contributed by atoms with E-state index in [1.165, 1.54) is 0 Å². The van der Waals surface area contributed by atoms with Crippen molar-refractivity contribution in [2.75, 3.05) is 141 Å². The molecule has 0 radical (unpaired) electrons. The number of methoxy groups -OCH3 is 2. The van der Waals surface area contributed by atoms with Gasteiger partial charge in [-0.05, 0) is 86.7 Å². The Bertz CT molecular complexity index is 2300. The van der Waals surface area contributed by atoms with Crippen LogP contribution in [0.25, 0.3) is 6.08 Å². The molecule has 68 heavy (non-hydrogen) atoms. The molecule has 16 nitrogen and oxygen atoms in total. The average Bonchev–Trinajstić information content (AvgIpc) is 3.62. The fraction of sp³-hybridized carbons (Fsp3) is 0.481. The predicted molar refractivity (Wildman–Crippen MR) is 260 cm³/mol. The summed E-state index contributed by atoms with van der Waals surface area (Å²) in [4.78, 5) is 4.40. The molecule has 5 rings (SSSR count). The van der Waals surface area contributed by atoms with Crippen LogP contribution in [-0.2, 0) is 28.4 Å². The van der Waals surface area contributed by atoms with Gasteiger partial charge in [0.05, 0.1) is 83.0 Å². The Morgan fingerprint density at radius 2 is 1.47 bits per heavy atom. The molecule has 2 N–H and O–H groups in total. The normalized spacial score (nSPS) is 17.5. The van der Waals surface area contributed by atoms with Gasteiger partial charge in [0.15, 0.2) is 11.3 Å². The molecule has 0 saturated carbocycles. The Morgan fingerprint density at radius 3 is 2.19 bits per heavy atom. The number of aliphatic hydroxyl groups is 1. The maximum absolute atomic E-state index is 10.3. The van der Waals surface area contributed by atoms with Gasteiger partial charge in [0.2, 0.25) is 0 Å². The van der Waals surface area contributed by atoms with Crippen molar-refractivity contribution in [1.29, 1.82) is 15.8 Å². The summed E-state index contributed by atoms with van der Waals surface area (Å²) in [6, 6.07) is 24.0. The fourth-order valence-electron chi connectivity index (χ4n) is 7.72. The maximum atomic E-state index is 10.3. The van der Waals surface area contributed by atoms with E-state index in [4.69, 9.17) is 42.6 Å². The molecule has 3 aromatic carbocycles. The van der Waals surface area contributed by atoms with Crippen molar-refractivity contribution in [1.82, 2.24) is 0 Å². The van der Waals surface area contributed by atoms with Crippen LogP contribution in [0.1, 0.15) is 36.5 Å². The highest BCUT2D eigenvalue weighted by Gasteiger charge is 2.42. The van der Waals surface area contributed by atoms with Gasteiger partial charge in [0.25, 0.3) is 0 Å². The van der Waals surface area contributed by atoms with Crippen LogP contribution < -0.4 is 29.3 Å². The summed E-state index contributed by atoms with van der Waals surface area (Å²) in [5, 5.41) is 42.8. The van der Waals surface area contributed by atoms with Crippen LogP contribution in [0.2, 0.25) is 0 Å². The lowest BCUT2D eigenvalue weighted by Gasteiger charge is -2.29. The zero-order chi connectivity index (χ0) is 48.6. The van der Waals surface area contributed by atoms with Gasteiger partial charge in [-0.2, -0.15) is 15.8 Å². The van der Waals surface area contributed by atoms with Crippen LogP contribution >= 0.6 is 0 Å². The Hall–Kier alpha value is -6.29. The standard InChI is InChI=1S/C52H66N6O10/c1-39-7-12-45-48(33-39)65-25-19-58(20-26-66-49-34-40(2)8-13-46(49)57(17-23-63-29-27-60-4)18-24-64-31-30-62-22-16-56-45)47-14-10-41(35-50(47)67-32-28-61-5)9-11-44-43(38-55)51(42(36-53)37-54)68-52(44,3)15-6-21-59/h7-14,33-35,56,59H,6,15-32H2,1-5H3. The van der Waals surface area contributed by atoms with E-state index >= 15 is 0 Å². The van der Waals surface area contributed by atoms with E-state index in [-0.39, 0.29) is 30.1 Å². The SMILES string of the molecule is COCCOCCN1CCOCCOCCNc2ccc(C)cc2OCCN(c2ccc(C=CC3=C(C#N)C(=C(C#N)C#N)OC3(C)CCCO)cc2OCCOC)CCOc2cc(C)ccc21. The van der Waals surface area contributed by atoms with Crippen LogP contribution in [0.4, 0.5) is 17.1 Å². The zero-order valence-corrected chi connectivity index (χ0v) is 40.1. The van der Waals surface area contributed by atoms with Crippen molar-refractivity contribution in [2.24, 2.45) is 0 Å². The monoisotopic (exact) mass is 934 g/mol. The predicted octanol–water partition coefficient (Wildman–Crippen LogP) is 6.92. The third kappa shape index (κ3) is 15.4. The first-order valence-corrected chi connectivity index (χ1v) is 23.0. The number of hydrogen-bond donors (Lipinski definition) is 2. The molecular formula is C52H66N6O10. The van der Waals surface area contributed by atoms with Crippen molar-refractivity contribution in [3.05, 3.63) is 99.8 Å². The minimum atomic E-state index is -1.07. The molecule has 364 valence electrons. The van der Waals surface area contributed by atoms with E-state index in [1.807, 2.05) is 68.5 Å². The first-order valence-electron chi connectivity index (χ1n) is 23.0. The lowest BCUT2D eigenvalue weighted by Crippen LogP contribution is -2.34. The lowest BCUT2D eigenvalue weighted by atomic mass is 9.88. The number of fused-ring (bicyclic) bond motifs is 2. The number of hydrogen-bond acceptors (Lipinski definition) is 16. The number of aliphatic hydroxyl groups excluding tert-OH is 1. The first kappa shape index (κ1) is 52.7. The topological polar surface area (TPSA) is 193 Å². The van der Waals surface area contributed by atoms with Crippen molar-refractivity contribution in [3.63, 3.8) is 0 Å². The third-order valence-corrected chi connectivity index (χ3v) is 11.3. The molecule has 0 bridgehead atoms. The summed E-state index contributed by atoms with van der Waals surface area (Å²) in [7, 11) is 3.27. The van der Waals surface area contributed by atoms with E-state index in [9.17, 15) is 20.9 Å². The van der Waals surface area contributed by atoms with Gasteiger partial charge < -0.3 is 62.9 Å². The second-order valence-electron chi connectivity index (χ2n) is 16.3. The van der Waals surface area contributed by atoms with Crippen LogP contribution in [-0.4, -0.2) is 137 Å². The van der Waals surface area contributed by atoms with Gasteiger partial charge in [0.1, 0.15) is 66.5 Å². The second kappa shape index (κ2) is 28.1.